The van der Waals surface area contributed by atoms with Crippen molar-refractivity contribution in [3.05, 3.63) is 24.0 Å². The Bertz CT molecular complexity index is 415. The molecule has 1 amide bonds. The van der Waals surface area contributed by atoms with E-state index in [2.05, 4.69) is 5.32 Å². The van der Waals surface area contributed by atoms with Crippen LogP contribution in [0.4, 0.5) is 15.8 Å². The smallest absolute Gasteiger partial charge is 0.234 e. The van der Waals surface area contributed by atoms with E-state index in [0.717, 1.165) is 0 Å². The molecule has 4 nitrogen and oxygen atoms in total. The standard InChI is InChI=1S/C12H17FN2O2S/c1-8(5-16)6-18-7-12(17)15-11-4-9(14)2-3-10(11)13/h2-4,8,16H,5-7,14H2,1H3,(H,15,17). The molecule has 0 spiro atoms. The predicted octanol–water partition coefficient (Wildman–Crippen LogP) is 1.71. The van der Waals surface area contributed by atoms with E-state index in [1.807, 2.05) is 6.92 Å². The highest BCUT2D eigenvalue weighted by Gasteiger charge is 2.08. The quantitative estimate of drug-likeness (QED) is 0.689. The SMILES string of the molecule is CC(CO)CSCC(=O)Nc1cc(N)ccc1F. The van der Waals surface area contributed by atoms with E-state index < -0.39 is 5.82 Å². The Morgan fingerprint density at radius 1 is 1.61 bits per heavy atom. The van der Waals surface area contributed by atoms with Gasteiger partial charge < -0.3 is 16.2 Å². The molecule has 0 bridgehead atoms. The van der Waals surface area contributed by atoms with Crippen LogP contribution in [0.1, 0.15) is 6.92 Å². The zero-order valence-electron chi connectivity index (χ0n) is 10.1. The molecular weight excluding hydrogens is 255 g/mol. The number of amides is 1. The van der Waals surface area contributed by atoms with Crippen molar-refractivity contribution in [2.45, 2.75) is 6.92 Å². The molecule has 0 aliphatic rings. The van der Waals surface area contributed by atoms with E-state index in [-0.39, 0.29) is 29.9 Å². The third kappa shape index (κ3) is 4.93. The largest absolute Gasteiger partial charge is 0.399 e. The summed E-state index contributed by atoms with van der Waals surface area (Å²) in [4.78, 5) is 11.5. The van der Waals surface area contributed by atoms with Gasteiger partial charge in [-0.05, 0) is 29.9 Å². The number of nitrogens with two attached hydrogens (primary N) is 1. The van der Waals surface area contributed by atoms with Gasteiger partial charge >= 0.3 is 0 Å². The van der Waals surface area contributed by atoms with Crippen LogP contribution in [0.5, 0.6) is 0 Å². The van der Waals surface area contributed by atoms with Gasteiger partial charge in [-0.2, -0.15) is 11.8 Å². The number of carbonyl (C=O) groups is 1. The van der Waals surface area contributed by atoms with Gasteiger partial charge in [0.2, 0.25) is 5.91 Å². The molecule has 18 heavy (non-hydrogen) atoms. The summed E-state index contributed by atoms with van der Waals surface area (Å²) in [6.07, 6.45) is 0. The minimum absolute atomic E-state index is 0.0933. The Balaban J connectivity index is 2.42. The van der Waals surface area contributed by atoms with E-state index >= 15 is 0 Å². The van der Waals surface area contributed by atoms with Crippen molar-refractivity contribution in [3.63, 3.8) is 0 Å². The van der Waals surface area contributed by atoms with Crippen LogP contribution in [-0.2, 0) is 4.79 Å². The summed E-state index contributed by atoms with van der Waals surface area (Å²) in [6, 6.07) is 4.03. The number of halogens is 1. The topological polar surface area (TPSA) is 75.3 Å². The highest BCUT2D eigenvalue weighted by molar-refractivity contribution is 7.99. The van der Waals surface area contributed by atoms with Gasteiger partial charge in [-0.3, -0.25) is 4.79 Å². The molecule has 100 valence electrons. The van der Waals surface area contributed by atoms with Crippen LogP contribution in [0.25, 0.3) is 0 Å². The lowest BCUT2D eigenvalue weighted by molar-refractivity contribution is -0.113. The fraction of sp³-hybridized carbons (Fsp3) is 0.417. The lowest BCUT2D eigenvalue weighted by Gasteiger charge is -2.09. The summed E-state index contributed by atoms with van der Waals surface area (Å²) in [5.74, 6) is 0.259. The maximum atomic E-state index is 13.3. The summed E-state index contributed by atoms with van der Waals surface area (Å²) in [6.45, 7) is 1.99. The molecule has 0 aliphatic heterocycles. The van der Waals surface area contributed by atoms with Gasteiger partial charge in [0.15, 0.2) is 0 Å². The van der Waals surface area contributed by atoms with Crippen molar-refractivity contribution in [3.8, 4) is 0 Å². The van der Waals surface area contributed by atoms with Crippen LogP contribution in [0.3, 0.4) is 0 Å². The Kier molecular flexibility index (Phi) is 5.94. The molecule has 1 aromatic rings. The van der Waals surface area contributed by atoms with Crippen LogP contribution < -0.4 is 11.1 Å². The highest BCUT2D eigenvalue weighted by atomic mass is 32.2. The first-order valence-corrected chi connectivity index (χ1v) is 6.72. The monoisotopic (exact) mass is 272 g/mol. The van der Waals surface area contributed by atoms with Gasteiger partial charge in [0.1, 0.15) is 5.82 Å². The summed E-state index contributed by atoms with van der Waals surface area (Å²) in [7, 11) is 0. The number of benzene rings is 1. The number of nitrogen functional groups attached to an aromatic ring is 1. The normalized spacial score (nSPS) is 12.2. The van der Waals surface area contributed by atoms with E-state index in [0.29, 0.717) is 11.4 Å². The summed E-state index contributed by atoms with van der Waals surface area (Å²) < 4.78 is 13.3. The molecule has 0 aliphatic carbocycles. The number of anilines is 2. The molecule has 0 radical (unpaired) electrons. The molecule has 1 atom stereocenters. The van der Waals surface area contributed by atoms with Crippen LogP contribution in [0.15, 0.2) is 18.2 Å². The van der Waals surface area contributed by atoms with Gasteiger partial charge in [0, 0.05) is 12.3 Å². The first kappa shape index (κ1) is 14.8. The maximum Gasteiger partial charge on any atom is 0.234 e. The first-order chi connectivity index (χ1) is 8.52. The Hall–Kier alpha value is -1.27. The summed E-state index contributed by atoms with van der Waals surface area (Å²) in [5.41, 5.74) is 6.00. The molecule has 1 rings (SSSR count). The molecule has 0 fully saturated rings. The van der Waals surface area contributed by atoms with Crippen LogP contribution in [0, 0.1) is 11.7 Å². The minimum atomic E-state index is -0.508. The van der Waals surface area contributed by atoms with E-state index in [1.54, 1.807) is 0 Å². The van der Waals surface area contributed by atoms with E-state index in [4.69, 9.17) is 10.8 Å². The number of nitrogens with one attached hydrogen (secondary N) is 1. The van der Waals surface area contributed by atoms with Crippen molar-refractivity contribution in [2.75, 3.05) is 29.2 Å². The second-order valence-corrected chi connectivity index (χ2v) is 5.12. The fourth-order valence-electron chi connectivity index (χ4n) is 1.23. The Morgan fingerprint density at radius 2 is 2.33 bits per heavy atom. The summed E-state index contributed by atoms with van der Waals surface area (Å²) >= 11 is 1.40. The summed E-state index contributed by atoms with van der Waals surface area (Å²) in [5, 5.41) is 11.3. The second kappa shape index (κ2) is 7.23. The van der Waals surface area contributed by atoms with Crippen LogP contribution in [0.2, 0.25) is 0 Å². The van der Waals surface area contributed by atoms with Crippen LogP contribution in [-0.4, -0.2) is 29.1 Å². The van der Waals surface area contributed by atoms with E-state index in [1.165, 1.54) is 30.0 Å². The molecule has 0 aromatic heterocycles. The number of rotatable bonds is 6. The average Bonchev–Trinajstić information content (AvgIpc) is 2.33. The average molecular weight is 272 g/mol. The highest BCUT2D eigenvalue weighted by Crippen LogP contribution is 2.18. The lowest BCUT2D eigenvalue weighted by Crippen LogP contribution is -2.16. The number of carbonyl (C=O) groups excluding carboxylic acids is 1. The van der Waals surface area contributed by atoms with Crippen molar-refractivity contribution in [1.82, 2.24) is 0 Å². The molecule has 0 heterocycles. The Labute approximate surface area is 110 Å². The predicted molar refractivity (Wildman–Crippen MR) is 73.0 cm³/mol. The second-order valence-electron chi connectivity index (χ2n) is 4.09. The van der Waals surface area contributed by atoms with Gasteiger partial charge in [0.25, 0.3) is 0 Å². The molecule has 0 saturated carbocycles. The van der Waals surface area contributed by atoms with Crippen LogP contribution >= 0.6 is 11.8 Å². The number of aliphatic hydroxyl groups excluding tert-OH is 1. The van der Waals surface area contributed by atoms with Crippen molar-refractivity contribution >= 4 is 29.0 Å². The van der Waals surface area contributed by atoms with Crippen molar-refractivity contribution in [1.29, 1.82) is 0 Å². The van der Waals surface area contributed by atoms with Crippen molar-refractivity contribution < 1.29 is 14.3 Å². The first-order valence-electron chi connectivity index (χ1n) is 5.56. The number of hydrogen-bond donors (Lipinski definition) is 3. The zero-order valence-corrected chi connectivity index (χ0v) is 11.0. The molecule has 0 saturated heterocycles. The number of hydrogen-bond acceptors (Lipinski definition) is 4. The van der Waals surface area contributed by atoms with Crippen molar-refractivity contribution in [2.24, 2.45) is 5.92 Å². The maximum absolute atomic E-state index is 13.3. The number of aliphatic hydroxyl groups is 1. The minimum Gasteiger partial charge on any atom is -0.399 e. The number of thioether (sulfide) groups is 1. The fourth-order valence-corrected chi connectivity index (χ4v) is 2.11. The van der Waals surface area contributed by atoms with Gasteiger partial charge in [-0.15, -0.1) is 0 Å². The molecule has 6 heteroatoms. The van der Waals surface area contributed by atoms with Gasteiger partial charge in [-0.1, -0.05) is 6.92 Å². The Morgan fingerprint density at radius 3 is 3.00 bits per heavy atom. The van der Waals surface area contributed by atoms with E-state index in [9.17, 15) is 9.18 Å². The molecular formula is C12H17FN2O2S. The third-order valence-electron chi connectivity index (χ3n) is 2.21. The van der Waals surface area contributed by atoms with Gasteiger partial charge in [-0.25, -0.2) is 4.39 Å². The van der Waals surface area contributed by atoms with Gasteiger partial charge in [0.05, 0.1) is 11.4 Å². The third-order valence-corrected chi connectivity index (χ3v) is 3.48. The zero-order chi connectivity index (χ0) is 13.5. The molecule has 4 N–H and O–H groups in total. The lowest BCUT2D eigenvalue weighted by atomic mass is 10.2. The molecule has 1 unspecified atom stereocenters. The molecule has 1 aromatic carbocycles.